The molecule has 3 rings (SSSR count). The predicted molar refractivity (Wildman–Crippen MR) is 173 cm³/mol. The number of aliphatic hydroxyl groups excluding tert-OH is 1. The molecule has 45 heavy (non-hydrogen) atoms. The molecule has 2 aromatic carbocycles. The Hall–Kier alpha value is -2.94. The van der Waals surface area contributed by atoms with Crippen molar-refractivity contribution in [1.82, 2.24) is 20.3 Å². The average molecular weight is 671 g/mol. The molecule has 1 unspecified atom stereocenters. The van der Waals surface area contributed by atoms with Crippen LogP contribution in [0.2, 0.25) is 0 Å². The first kappa shape index (κ1) is 38.2. The number of carbonyl (C=O) groups is 2. The number of nitrogens with one attached hydrogen (secondary N) is 3. The zero-order valence-electron chi connectivity index (χ0n) is 26.4. The van der Waals surface area contributed by atoms with Crippen molar-refractivity contribution >= 4 is 34.2 Å². The van der Waals surface area contributed by atoms with Crippen LogP contribution >= 0.6 is 12.4 Å². The van der Waals surface area contributed by atoms with Gasteiger partial charge in [0.1, 0.15) is 5.72 Å². The Balaban J connectivity index is 0.00000705. The highest BCUT2D eigenvalue weighted by Gasteiger charge is 2.43. The monoisotopic (exact) mass is 670 g/mol. The number of aliphatic hydroxyl groups is 2. The Morgan fingerprint density at radius 3 is 2.36 bits per heavy atom. The van der Waals surface area contributed by atoms with Crippen LogP contribution in [0.5, 0.6) is 11.5 Å². The first-order chi connectivity index (χ1) is 20.8. The summed E-state index contributed by atoms with van der Waals surface area (Å²) in [6.45, 7) is 8.04. The number of rotatable bonds is 18. The van der Waals surface area contributed by atoms with Crippen molar-refractivity contribution in [3.8, 4) is 11.5 Å². The molecule has 0 fully saturated rings. The minimum Gasteiger partial charge on any atom is -0.454 e. The number of benzene rings is 2. The van der Waals surface area contributed by atoms with Gasteiger partial charge in [-0.3, -0.25) is 9.59 Å². The van der Waals surface area contributed by atoms with Crippen molar-refractivity contribution in [2.45, 2.75) is 57.6 Å². The van der Waals surface area contributed by atoms with Crippen LogP contribution in [0.25, 0.3) is 0 Å². The highest BCUT2D eigenvalue weighted by molar-refractivity contribution is 7.89. The Labute approximate surface area is 272 Å². The number of sulfonamides is 1. The van der Waals surface area contributed by atoms with Crippen LogP contribution < -0.4 is 25.4 Å². The predicted octanol–water partition coefficient (Wildman–Crippen LogP) is 2.04. The molecule has 12 nitrogen and oxygen atoms in total. The first-order valence-electron chi connectivity index (χ1n) is 14.8. The van der Waals surface area contributed by atoms with E-state index in [2.05, 4.69) is 16.0 Å². The van der Waals surface area contributed by atoms with Crippen LogP contribution in [0.15, 0.2) is 53.4 Å². The molecule has 1 atom stereocenters. The number of amides is 2. The van der Waals surface area contributed by atoms with Gasteiger partial charge in [-0.1, -0.05) is 58.0 Å². The molecule has 0 aromatic heterocycles. The van der Waals surface area contributed by atoms with E-state index < -0.39 is 21.2 Å². The van der Waals surface area contributed by atoms with Gasteiger partial charge in [-0.25, -0.2) is 8.42 Å². The number of halogens is 1. The summed E-state index contributed by atoms with van der Waals surface area (Å²) >= 11 is 0. The van der Waals surface area contributed by atoms with E-state index in [0.29, 0.717) is 18.0 Å². The van der Waals surface area contributed by atoms with Crippen molar-refractivity contribution < 1.29 is 37.7 Å². The minimum atomic E-state index is -4.22. The summed E-state index contributed by atoms with van der Waals surface area (Å²) in [6, 6.07) is 13.5. The molecule has 0 radical (unpaired) electrons. The second-order valence-corrected chi connectivity index (χ2v) is 14.1. The summed E-state index contributed by atoms with van der Waals surface area (Å²) in [6.07, 6.45) is 0.0273. The number of carbonyl (C=O) groups excluding carboxylic acids is 2. The van der Waals surface area contributed by atoms with Crippen LogP contribution in [0, 0.1) is 11.3 Å². The van der Waals surface area contributed by atoms with Gasteiger partial charge < -0.3 is 35.6 Å². The lowest BCUT2D eigenvalue weighted by atomic mass is 9.88. The van der Waals surface area contributed by atoms with E-state index in [-0.39, 0.29) is 93.9 Å². The number of hydrogen-bond acceptors (Lipinski definition) is 9. The van der Waals surface area contributed by atoms with Gasteiger partial charge in [-0.05, 0) is 29.0 Å². The van der Waals surface area contributed by atoms with E-state index in [9.17, 15) is 23.1 Å². The highest BCUT2D eigenvalue weighted by atomic mass is 35.5. The van der Waals surface area contributed by atoms with E-state index in [4.69, 9.17) is 14.6 Å². The SMILES string of the molecule is CC(C)CN(C(O)(CCNC(=O)CC(C)(C)CNC(=O)CNCCO)Cc1ccccc1)S(=O)(=O)c1ccc2c(c1)OCO2.Cl. The molecule has 0 saturated carbocycles. The first-order valence-corrected chi connectivity index (χ1v) is 16.2. The Kier molecular flexibility index (Phi) is 14.5. The molecule has 1 aliphatic heterocycles. The fraction of sp³-hybridized carbons (Fsp3) is 0.548. The Morgan fingerprint density at radius 1 is 1.00 bits per heavy atom. The van der Waals surface area contributed by atoms with Gasteiger partial charge in [0.05, 0.1) is 18.0 Å². The number of hydrogen-bond donors (Lipinski definition) is 5. The fourth-order valence-electron chi connectivity index (χ4n) is 4.86. The maximum Gasteiger partial charge on any atom is 0.245 e. The molecule has 1 heterocycles. The van der Waals surface area contributed by atoms with Crippen LogP contribution in [-0.4, -0.2) is 86.6 Å². The fourth-order valence-corrected chi connectivity index (χ4v) is 6.70. The maximum atomic E-state index is 14.1. The second kappa shape index (κ2) is 17.1. The van der Waals surface area contributed by atoms with Crippen LogP contribution in [0.4, 0.5) is 0 Å². The summed E-state index contributed by atoms with van der Waals surface area (Å²) in [7, 11) is -4.22. The van der Waals surface area contributed by atoms with Crippen molar-refractivity contribution in [3.05, 3.63) is 54.1 Å². The van der Waals surface area contributed by atoms with Gasteiger partial charge in [-0.15, -0.1) is 12.4 Å². The zero-order valence-corrected chi connectivity index (χ0v) is 28.0. The Morgan fingerprint density at radius 2 is 1.69 bits per heavy atom. The lowest BCUT2D eigenvalue weighted by Crippen LogP contribution is -2.55. The van der Waals surface area contributed by atoms with Gasteiger partial charge in [0.25, 0.3) is 0 Å². The third kappa shape index (κ3) is 11.4. The summed E-state index contributed by atoms with van der Waals surface area (Å²) in [5, 5.41) is 29.5. The van der Waals surface area contributed by atoms with E-state index in [1.165, 1.54) is 18.2 Å². The lowest BCUT2D eigenvalue weighted by molar-refractivity contribution is -0.125. The van der Waals surface area contributed by atoms with E-state index in [0.717, 1.165) is 9.87 Å². The standard InChI is InChI=1S/C31H46N4O8S.ClH/c1-23(2)20-35(44(40,41)25-10-11-26-27(16-25)43-22-42-26)31(39,17-24-8-6-5-7-9-24)12-13-33-28(37)18-30(3,4)21-34-29(38)19-32-14-15-36;/h5-11,16,23,32,36,39H,12-15,17-22H2,1-4H3,(H,33,37)(H,34,38);1H. The summed E-state index contributed by atoms with van der Waals surface area (Å²) in [4.78, 5) is 24.9. The van der Waals surface area contributed by atoms with E-state index in [1.807, 2.05) is 58.0 Å². The smallest absolute Gasteiger partial charge is 0.245 e. The summed E-state index contributed by atoms with van der Waals surface area (Å²) in [5.74, 6) is 0.105. The van der Waals surface area contributed by atoms with Crippen molar-refractivity contribution in [2.24, 2.45) is 11.3 Å². The third-order valence-corrected chi connectivity index (χ3v) is 9.00. The van der Waals surface area contributed by atoms with Gasteiger partial charge in [-0.2, -0.15) is 4.31 Å². The summed E-state index contributed by atoms with van der Waals surface area (Å²) < 4.78 is 40.1. The van der Waals surface area contributed by atoms with Gasteiger partial charge in [0.2, 0.25) is 28.6 Å². The quantitative estimate of drug-likeness (QED) is 0.118. The van der Waals surface area contributed by atoms with Gasteiger partial charge in [0.15, 0.2) is 11.5 Å². The molecule has 14 heteroatoms. The van der Waals surface area contributed by atoms with Crippen molar-refractivity contribution in [2.75, 3.05) is 46.1 Å². The van der Waals surface area contributed by atoms with Crippen LogP contribution in [0.3, 0.4) is 0 Å². The Bertz CT molecular complexity index is 1360. The molecule has 0 spiro atoms. The molecule has 1 aliphatic rings. The minimum absolute atomic E-state index is 0. The van der Waals surface area contributed by atoms with E-state index >= 15 is 0 Å². The van der Waals surface area contributed by atoms with Gasteiger partial charge in [0, 0.05) is 51.5 Å². The zero-order chi connectivity index (χ0) is 32.4. The molecule has 5 N–H and O–H groups in total. The highest BCUT2D eigenvalue weighted by Crippen LogP contribution is 2.37. The summed E-state index contributed by atoms with van der Waals surface area (Å²) in [5.41, 5.74) is -1.70. The number of fused-ring (bicyclic) bond motifs is 1. The molecule has 0 bridgehead atoms. The molecule has 252 valence electrons. The van der Waals surface area contributed by atoms with Crippen molar-refractivity contribution in [1.29, 1.82) is 0 Å². The molecular weight excluding hydrogens is 624 g/mol. The number of nitrogens with zero attached hydrogens (tertiary/aromatic N) is 1. The van der Waals surface area contributed by atoms with Gasteiger partial charge >= 0.3 is 0 Å². The molecule has 0 aliphatic carbocycles. The topological polar surface area (TPSA) is 167 Å². The largest absolute Gasteiger partial charge is 0.454 e. The normalized spacial score (nSPS) is 14.1. The second-order valence-electron chi connectivity index (χ2n) is 12.2. The molecular formula is C31H47ClN4O8S. The maximum absolute atomic E-state index is 14.1. The molecule has 2 aromatic rings. The third-order valence-electron chi connectivity index (χ3n) is 7.08. The average Bonchev–Trinajstić information content (AvgIpc) is 3.43. The lowest BCUT2D eigenvalue weighted by Gasteiger charge is -2.40. The molecule has 0 saturated heterocycles. The van der Waals surface area contributed by atoms with Crippen LogP contribution in [0.1, 0.15) is 46.1 Å². The van der Waals surface area contributed by atoms with Crippen LogP contribution in [-0.2, 0) is 26.0 Å². The van der Waals surface area contributed by atoms with E-state index in [1.54, 1.807) is 0 Å². The molecule has 2 amide bonds. The number of ether oxygens (including phenoxy) is 2. The van der Waals surface area contributed by atoms with Crippen molar-refractivity contribution in [3.63, 3.8) is 0 Å².